The van der Waals surface area contributed by atoms with E-state index in [2.05, 4.69) is 5.32 Å². The summed E-state index contributed by atoms with van der Waals surface area (Å²) in [5.41, 5.74) is 0.956. The van der Waals surface area contributed by atoms with Crippen molar-refractivity contribution in [3.63, 3.8) is 0 Å². The molecule has 0 bridgehead atoms. The standard InChI is InChI=1S/C16H22N2O3/c1-12-4-6-13(7-5-12)17-14(19)15(20)18-10-3-8-16(2,21)9-11-18/h4-7,21H,3,8-11H2,1-2H3,(H,17,19). The molecular formula is C16H22N2O3. The highest BCUT2D eigenvalue weighted by molar-refractivity contribution is 6.39. The summed E-state index contributed by atoms with van der Waals surface area (Å²) < 4.78 is 0. The summed E-state index contributed by atoms with van der Waals surface area (Å²) in [5.74, 6) is -1.16. The zero-order valence-electron chi connectivity index (χ0n) is 12.6. The van der Waals surface area contributed by atoms with E-state index in [1.807, 2.05) is 19.1 Å². The van der Waals surface area contributed by atoms with E-state index in [0.29, 0.717) is 38.0 Å². The molecule has 1 aliphatic heterocycles. The minimum absolute atomic E-state index is 0.410. The molecule has 1 aliphatic rings. The molecule has 5 heteroatoms. The molecule has 1 fully saturated rings. The number of benzene rings is 1. The van der Waals surface area contributed by atoms with Gasteiger partial charge in [-0.15, -0.1) is 0 Å². The maximum Gasteiger partial charge on any atom is 0.313 e. The van der Waals surface area contributed by atoms with Crippen molar-refractivity contribution in [2.45, 2.75) is 38.7 Å². The van der Waals surface area contributed by atoms with Crippen molar-refractivity contribution in [1.29, 1.82) is 0 Å². The SMILES string of the molecule is Cc1ccc(NC(=O)C(=O)N2CCCC(C)(O)CC2)cc1. The number of likely N-dealkylation sites (tertiary alicyclic amines) is 1. The van der Waals surface area contributed by atoms with E-state index in [1.165, 1.54) is 4.90 Å². The summed E-state index contributed by atoms with van der Waals surface area (Å²) in [6, 6.07) is 7.30. The number of hydrogen-bond acceptors (Lipinski definition) is 3. The Morgan fingerprint density at radius 2 is 1.86 bits per heavy atom. The van der Waals surface area contributed by atoms with Crippen LogP contribution in [-0.4, -0.2) is 40.5 Å². The van der Waals surface area contributed by atoms with E-state index in [1.54, 1.807) is 19.1 Å². The zero-order chi connectivity index (χ0) is 15.5. The van der Waals surface area contributed by atoms with Gasteiger partial charge in [0.15, 0.2) is 0 Å². The normalized spacial score (nSPS) is 22.5. The Morgan fingerprint density at radius 1 is 1.19 bits per heavy atom. The van der Waals surface area contributed by atoms with Crippen molar-refractivity contribution in [1.82, 2.24) is 4.90 Å². The Balaban J connectivity index is 1.96. The molecule has 2 N–H and O–H groups in total. The number of nitrogens with one attached hydrogen (secondary N) is 1. The Bertz CT molecular complexity index is 523. The fraction of sp³-hybridized carbons (Fsp3) is 0.500. The molecular weight excluding hydrogens is 268 g/mol. The predicted octanol–water partition coefficient (Wildman–Crippen LogP) is 1.70. The lowest BCUT2D eigenvalue weighted by Gasteiger charge is -2.22. The van der Waals surface area contributed by atoms with Crippen LogP contribution in [0.15, 0.2) is 24.3 Å². The molecule has 2 rings (SSSR count). The van der Waals surface area contributed by atoms with Crippen LogP contribution < -0.4 is 5.32 Å². The van der Waals surface area contributed by atoms with E-state index in [0.717, 1.165) is 5.56 Å². The second-order valence-corrected chi connectivity index (χ2v) is 5.96. The molecule has 5 nitrogen and oxygen atoms in total. The summed E-state index contributed by atoms with van der Waals surface area (Å²) in [4.78, 5) is 25.7. The number of carbonyl (C=O) groups excluding carboxylic acids is 2. The molecule has 1 aromatic rings. The van der Waals surface area contributed by atoms with E-state index in [-0.39, 0.29) is 0 Å². The van der Waals surface area contributed by atoms with Gasteiger partial charge in [-0.25, -0.2) is 0 Å². The third kappa shape index (κ3) is 4.29. The second-order valence-electron chi connectivity index (χ2n) is 5.96. The van der Waals surface area contributed by atoms with Gasteiger partial charge in [0, 0.05) is 18.8 Å². The van der Waals surface area contributed by atoms with E-state index >= 15 is 0 Å². The average Bonchev–Trinajstić information content (AvgIpc) is 2.61. The quantitative estimate of drug-likeness (QED) is 0.773. The zero-order valence-corrected chi connectivity index (χ0v) is 12.6. The van der Waals surface area contributed by atoms with Crippen LogP contribution >= 0.6 is 0 Å². The topological polar surface area (TPSA) is 69.6 Å². The second kappa shape index (κ2) is 6.26. The van der Waals surface area contributed by atoms with Crippen molar-refractivity contribution in [3.05, 3.63) is 29.8 Å². The van der Waals surface area contributed by atoms with Gasteiger partial charge in [0.1, 0.15) is 0 Å². The highest BCUT2D eigenvalue weighted by atomic mass is 16.3. The molecule has 21 heavy (non-hydrogen) atoms. The van der Waals surface area contributed by atoms with Gasteiger partial charge in [-0.1, -0.05) is 17.7 Å². The van der Waals surface area contributed by atoms with Crippen LogP contribution in [0.25, 0.3) is 0 Å². The molecule has 0 saturated carbocycles. The maximum atomic E-state index is 12.2. The number of rotatable bonds is 1. The van der Waals surface area contributed by atoms with Gasteiger partial charge in [0.25, 0.3) is 0 Å². The summed E-state index contributed by atoms with van der Waals surface area (Å²) in [5, 5.41) is 12.6. The fourth-order valence-electron chi connectivity index (χ4n) is 2.43. The van der Waals surface area contributed by atoms with Crippen molar-refractivity contribution in [3.8, 4) is 0 Å². The Kier molecular flexibility index (Phi) is 4.63. The average molecular weight is 290 g/mol. The minimum atomic E-state index is -0.748. The number of hydrogen-bond donors (Lipinski definition) is 2. The van der Waals surface area contributed by atoms with Crippen LogP contribution in [0.4, 0.5) is 5.69 Å². The van der Waals surface area contributed by atoms with Crippen LogP contribution in [-0.2, 0) is 9.59 Å². The number of anilines is 1. The van der Waals surface area contributed by atoms with E-state index in [9.17, 15) is 14.7 Å². The van der Waals surface area contributed by atoms with Gasteiger partial charge < -0.3 is 15.3 Å². The molecule has 0 aromatic heterocycles. The first-order valence-corrected chi connectivity index (χ1v) is 7.27. The van der Waals surface area contributed by atoms with Gasteiger partial charge in [0.2, 0.25) is 0 Å². The third-order valence-corrected chi connectivity index (χ3v) is 3.85. The number of nitrogens with zero attached hydrogens (tertiary/aromatic N) is 1. The predicted molar refractivity (Wildman–Crippen MR) is 80.9 cm³/mol. The van der Waals surface area contributed by atoms with Gasteiger partial charge in [-0.3, -0.25) is 9.59 Å². The highest BCUT2D eigenvalue weighted by Gasteiger charge is 2.29. The Labute approximate surface area is 125 Å². The third-order valence-electron chi connectivity index (χ3n) is 3.85. The van der Waals surface area contributed by atoms with E-state index in [4.69, 9.17) is 0 Å². The molecule has 0 aliphatic carbocycles. The van der Waals surface area contributed by atoms with Crippen molar-refractivity contribution in [2.75, 3.05) is 18.4 Å². The molecule has 1 unspecified atom stereocenters. The first kappa shape index (κ1) is 15.5. The molecule has 2 amide bonds. The minimum Gasteiger partial charge on any atom is -0.390 e. The molecule has 1 atom stereocenters. The van der Waals surface area contributed by atoms with Crippen molar-refractivity contribution in [2.24, 2.45) is 0 Å². The Morgan fingerprint density at radius 3 is 2.52 bits per heavy atom. The van der Waals surface area contributed by atoms with E-state index < -0.39 is 17.4 Å². The van der Waals surface area contributed by atoms with Crippen molar-refractivity contribution < 1.29 is 14.7 Å². The monoisotopic (exact) mass is 290 g/mol. The highest BCUT2D eigenvalue weighted by Crippen LogP contribution is 2.21. The molecule has 1 saturated heterocycles. The molecule has 114 valence electrons. The largest absolute Gasteiger partial charge is 0.390 e. The Hall–Kier alpha value is -1.88. The lowest BCUT2D eigenvalue weighted by molar-refractivity contribution is -0.143. The van der Waals surface area contributed by atoms with Crippen LogP contribution in [0.1, 0.15) is 31.7 Å². The van der Waals surface area contributed by atoms with Gasteiger partial charge in [-0.05, 0) is 45.2 Å². The van der Waals surface area contributed by atoms with Crippen LogP contribution in [0, 0.1) is 6.92 Å². The lowest BCUT2D eigenvalue weighted by atomic mass is 9.98. The summed E-state index contributed by atoms with van der Waals surface area (Å²) in [6.45, 7) is 4.65. The van der Waals surface area contributed by atoms with Gasteiger partial charge in [0.05, 0.1) is 5.60 Å². The number of aliphatic hydroxyl groups is 1. The number of aryl methyl sites for hydroxylation is 1. The van der Waals surface area contributed by atoms with Crippen LogP contribution in [0.5, 0.6) is 0 Å². The molecule has 0 radical (unpaired) electrons. The summed E-state index contributed by atoms with van der Waals surface area (Å²) >= 11 is 0. The summed E-state index contributed by atoms with van der Waals surface area (Å²) in [7, 11) is 0. The molecule has 1 heterocycles. The van der Waals surface area contributed by atoms with Crippen LogP contribution in [0.3, 0.4) is 0 Å². The smallest absolute Gasteiger partial charge is 0.313 e. The van der Waals surface area contributed by atoms with Gasteiger partial charge >= 0.3 is 11.8 Å². The lowest BCUT2D eigenvalue weighted by Crippen LogP contribution is -2.40. The maximum absolute atomic E-state index is 12.2. The van der Waals surface area contributed by atoms with Crippen molar-refractivity contribution >= 4 is 17.5 Å². The van der Waals surface area contributed by atoms with Gasteiger partial charge in [-0.2, -0.15) is 0 Å². The van der Waals surface area contributed by atoms with Crippen LogP contribution in [0.2, 0.25) is 0 Å². The molecule has 0 spiro atoms. The number of amides is 2. The fourth-order valence-corrected chi connectivity index (χ4v) is 2.43. The first-order valence-electron chi connectivity index (χ1n) is 7.27. The summed E-state index contributed by atoms with van der Waals surface area (Å²) in [6.07, 6.45) is 1.85. The molecule has 1 aromatic carbocycles. The number of carbonyl (C=O) groups is 2. The first-order chi connectivity index (χ1) is 9.87.